The predicted molar refractivity (Wildman–Crippen MR) is 250 cm³/mol. The number of pyridine rings is 1. The lowest BCUT2D eigenvalue weighted by Crippen LogP contribution is -2.19. The summed E-state index contributed by atoms with van der Waals surface area (Å²) in [5.41, 5.74) is 16.0. The maximum atomic E-state index is 13.9. The second-order valence-electron chi connectivity index (χ2n) is 15.7. The van der Waals surface area contributed by atoms with Gasteiger partial charge >= 0.3 is 0 Å². The average Bonchev–Trinajstić information content (AvgIpc) is 3.65. The van der Waals surface area contributed by atoms with Gasteiger partial charge in [-0.05, 0) is 130 Å². The van der Waals surface area contributed by atoms with Crippen molar-refractivity contribution in [2.75, 3.05) is 4.90 Å². The molecule has 0 radical (unpaired) electrons. The van der Waals surface area contributed by atoms with E-state index in [9.17, 15) is 4.79 Å². The van der Waals surface area contributed by atoms with Gasteiger partial charge in [0.05, 0.1) is 16.6 Å². The highest BCUT2D eigenvalue weighted by atomic mass is 16.1. The standard InChI is InChI=1S/C56H37N3O/c60-56-49-20-8-7-17-46(49)47-18-9-12-22-54(47)59(56)45-28-23-37(24-29-45)38-25-30-51-41(33-38)35-42-34-39(26-31-52(42)57(51)43-13-3-1-4-14-43)40-27-32-55-50(36-40)48-19-10-11-21-53(48)58(55)44-15-5-2-6-16-44/h1-34,36H,35H2. The first kappa shape index (κ1) is 34.1. The Hall–Kier alpha value is -7.95. The quantitative estimate of drug-likeness (QED) is 0.163. The van der Waals surface area contributed by atoms with Crippen LogP contribution in [0.5, 0.6) is 0 Å². The van der Waals surface area contributed by atoms with Gasteiger partial charge in [0.25, 0.3) is 5.56 Å². The molecule has 0 saturated heterocycles. The van der Waals surface area contributed by atoms with Crippen LogP contribution in [0, 0.1) is 0 Å². The fourth-order valence-electron chi connectivity index (χ4n) is 9.54. The normalized spacial score (nSPS) is 12.3. The van der Waals surface area contributed by atoms with Crippen LogP contribution >= 0.6 is 0 Å². The molecule has 3 heterocycles. The van der Waals surface area contributed by atoms with Crippen LogP contribution in [0.15, 0.2) is 217 Å². The van der Waals surface area contributed by atoms with Crippen molar-refractivity contribution in [1.29, 1.82) is 0 Å². The molecule has 4 heteroatoms. The molecule has 0 unspecified atom stereocenters. The van der Waals surface area contributed by atoms with Crippen LogP contribution in [0.3, 0.4) is 0 Å². The summed E-state index contributed by atoms with van der Waals surface area (Å²) >= 11 is 0. The minimum Gasteiger partial charge on any atom is -0.310 e. The fourth-order valence-corrected chi connectivity index (χ4v) is 9.54. The lowest BCUT2D eigenvalue weighted by atomic mass is 9.90. The second-order valence-corrected chi connectivity index (χ2v) is 15.7. The molecule has 0 saturated carbocycles. The minimum absolute atomic E-state index is 0.0104. The predicted octanol–water partition coefficient (Wildman–Crippen LogP) is 13.9. The number of benzene rings is 9. The van der Waals surface area contributed by atoms with Crippen LogP contribution in [0.2, 0.25) is 0 Å². The van der Waals surface area contributed by atoms with E-state index in [0.717, 1.165) is 56.3 Å². The van der Waals surface area contributed by atoms with Crippen LogP contribution in [-0.4, -0.2) is 9.13 Å². The molecule has 1 aliphatic rings. The van der Waals surface area contributed by atoms with E-state index in [1.165, 1.54) is 55.4 Å². The monoisotopic (exact) mass is 767 g/mol. The first-order valence-corrected chi connectivity index (χ1v) is 20.5. The summed E-state index contributed by atoms with van der Waals surface area (Å²) in [6.07, 6.45) is 0.807. The van der Waals surface area contributed by atoms with Gasteiger partial charge in [0.1, 0.15) is 0 Å². The zero-order valence-corrected chi connectivity index (χ0v) is 32.7. The maximum absolute atomic E-state index is 13.9. The SMILES string of the molecule is O=c1c2ccccc2c2ccccc2n1-c1ccc(-c2ccc3c(c2)Cc2cc(-c4ccc5c(c4)c4ccccc4n5-c4ccccc4)ccc2N3c2ccccc2)cc1. The smallest absolute Gasteiger partial charge is 0.263 e. The van der Waals surface area contributed by atoms with Crippen molar-refractivity contribution in [3.63, 3.8) is 0 Å². The molecular weight excluding hydrogens is 731 g/mol. The molecule has 11 aromatic rings. The molecule has 0 aliphatic carbocycles. The van der Waals surface area contributed by atoms with Crippen molar-refractivity contribution < 1.29 is 0 Å². The molecule has 282 valence electrons. The van der Waals surface area contributed by atoms with Gasteiger partial charge in [-0.25, -0.2) is 0 Å². The van der Waals surface area contributed by atoms with Crippen LogP contribution in [-0.2, 0) is 6.42 Å². The van der Waals surface area contributed by atoms with Crippen molar-refractivity contribution >= 4 is 60.5 Å². The van der Waals surface area contributed by atoms with E-state index in [0.29, 0.717) is 0 Å². The van der Waals surface area contributed by atoms with Gasteiger partial charge in [-0.15, -0.1) is 0 Å². The van der Waals surface area contributed by atoms with E-state index in [1.807, 2.05) is 47.0 Å². The van der Waals surface area contributed by atoms with Gasteiger partial charge in [-0.2, -0.15) is 0 Å². The van der Waals surface area contributed by atoms with Gasteiger partial charge < -0.3 is 9.47 Å². The summed E-state index contributed by atoms with van der Waals surface area (Å²) in [6.45, 7) is 0. The third-order valence-corrected chi connectivity index (χ3v) is 12.3. The summed E-state index contributed by atoms with van der Waals surface area (Å²) in [5, 5.41) is 5.26. The Labute approximate surface area is 347 Å². The van der Waals surface area contributed by atoms with E-state index >= 15 is 0 Å². The number of para-hydroxylation sites is 4. The van der Waals surface area contributed by atoms with Crippen LogP contribution in [0.4, 0.5) is 17.1 Å². The molecule has 0 spiro atoms. The average molecular weight is 768 g/mol. The first-order chi connectivity index (χ1) is 29.7. The molecule has 0 fully saturated rings. The highest BCUT2D eigenvalue weighted by Gasteiger charge is 2.25. The number of hydrogen-bond acceptors (Lipinski definition) is 2. The molecule has 2 aromatic heterocycles. The fraction of sp³-hybridized carbons (Fsp3) is 0.0179. The Morgan fingerprint density at radius 1 is 0.317 bits per heavy atom. The maximum Gasteiger partial charge on any atom is 0.263 e. The Kier molecular flexibility index (Phi) is 7.72. The van der Waals surface area contributed by atoms with E-state index in [1.54, 1.807) is 0 Å². The molecular formula is C56H37N3O. The molecule has 12 rings (SSSR count). The van der Waals surface area contributed by atoms with Crippen LogP contribution < -0.4 is 10.5 Å². The molecule has 0 N–H and O–H groups in total. The van der Waals surface area contributed by atoms with Crippen LogP contribution in [0.1, 0.15) is 11.1 Å². The first-order valence-electron chi connectivity index (χ1n) is 20.5. The summed E-state index contributed by atoms with van der Waals surface area (Å²) in [6, 6.07) is 75.2. The molecule has 9 aromatic carbocycles. The van der Waals surface area contributed by atoms with Gasteiger partial charge in [0.2, 0.25) is 0 Å². The zero-order valence-electron chi connectivity index (χ0n) is 32.7. The van der Waals surface area contributed by atoms with E-state index < -0.39 is 0 Å². The van der Waals surface area contributed by atoms with E-state index in [4.69, 9.17) is 0 Å². The van der Waals surface area contributed by atoms with Gasteiger partial charge in [0, 0.05) is 56.4 Å². The lowest BCUT2D eigenvalue weighted by molar-refractivity contribution is 1.06. The molecule has 0 amide bonds. The Bertz CT molecular complexity index is 3530. The van der Waals surface area contributed by atoms with Crippen molar-refractivity contribution in [2.45, 2.75) is 6.42 Å². The second kappa shape index (κ2) is 13.6. The number of nitrogens with zero attached hydrogens (tertiary/aromatic N) is 3. The third kappa shape index (κ3) is 5.35. The summed E-state index contributed by atoms with van der Waals surface area (Å²) in [7, 11) is 0. The van der Waals surface area contributed by atoms with E-state index in [-0.39, 0.29) is 5.56 Å². The number of fused-ring (bicyclic) bond motifs is 8. The molecule has 4 nitrogen and oxygen atoms in total. The van der Waals surface area contributed by atoms with Crippen molar-refractivity contribution in [1.82, 2.24) is 9.13 Å². The van der Waals surface area contributed by atoms with Gasteiger partial charge in [0.15, 0.2) is 0 Å². The highest BCUT2D eigenvalue weighted by Crippen LogP contribution is 2.46. The van der Waals surface area contributed by atoms with Crippen molar-refractivity contribution in [3.05, 3.63) is 234 Å². The summed E-state index contributed by atoms with van der Waals surface area (Å²) in [4.78, 5) is 16.3. The van der Waals surface area contributed by atoms with E-state index in [2.05, 4.69) is 179 Å². The number of hydrogen-bond donors (Lipinski definition) is 0. The van der Waals surface area contributed by atoms with Gasteiger partial charge in [-0.3, -0.25) is 9.36 Å². The van der Waals surface area contributed by atoms with Crippen molar-refractivity contribution in [3.8, 4) is 33.6 Å². The van der Waals surface area contributed by atoms with Crippen LogP contribution in [0.25, 0.3) is 77.1 Å². The number of anilines is 3. The molecule has 1 aliphatic heterocycles. The summed E-state index contributed by atoms with van der Waals surface area (Å²) in [5.74, 6) is 0. The Morgan fingerprint density at radius 2 is 0.767 bits per heavy atom. The topological polar surface area (TPSA) is 30.2 Å². The third-order valence-electron chi connectivity index (χ3n) is 12.3. The van der Waals surface area contributed by atoms with Crippen molar-refractivity contribution in [2.24, 2.45) is 0 Å². The largest absolute Gasteiger partial charge is 0.310 e. The lowest BCUT2D eigenvalue weighted by Gasteiger charge is -2.34. The highest BCUT2D eigenvalue weighted by molar-refractivity contribution is 6.10. The summed E-state index contributed by atoms with van der Waals surface area (Å²) < 4.78 is 4.21. The Morgan fingerprint density at radius 3 is 1.43 bits per heavy atom. The van der Waals surface area contributed by atoms with Gasteiger partial charge in [-0.1, -0.05) is 121 Å². The molecule has 0 atom stereocenters. The number of aromatic nitrogens is 2. The zero-order chi connectivity index (χ0) is 39.7. The molecule has 0 bridgehead atoms. The Balaban J connectivity index is 0.940. The molecule has 60 heavy (non-hydrogen) atoms. The number of rotatable bonds is 5. The minimum atomic E-state index is -0.0104.